The van der Waals surface area contributed by atoms with Crippen molar-refractivity contribution in [2.75, 3.05) is 6.61 Å². The maximum atomic E-state index is 9.56. The lowest BCUT2D eigenvalue weighted by Gasteiger charge is -2.43. The van der Waals surface area contributed by atoms with Crippen molar-refractivity contribution in [1.82, 2.24) is 0 Å². The Morgan fingerprint density at radius 1 is 1.20 bits per heavy atom. The molecular weight excluding hydrogens is 184 g/mol. The van der Waals surface area contributed by atoms with Crippen LogP contribution in [0.1, 0.15) is 66.2 Å². The minimum Gasteiger partial charge on any atom is -0.396 e. The zero-order valence-electron chi connectivity index (χ0n) is 11.0. The normalized spacial score (nSPS) is 33.0. The molecule has 1 saturated carbocycles. The lowest BCUT2D eigenvalue weighted by molar-refractivity contribution is 0.0298. The first-order valence-electron chi connectivity index (χ1n) is 6.54. The van der Waals surface area contributed by atoms with E-state index < -0.39 is 0 Å². The van der Waals surface area contributed by atoms with E-state index in [2.05, 4.69) is 27.7 Å². The molecule has 0 bridgehead atoms. The highest BCUT2D eigenvalue weighted by atomic mass is 16.3. The molecule has 1 fully saturated rings. The van der Waals surface area contributed by atoms with Crippen molar-refractivity contribution in [3.8, 4) is 0 Å². The third kappa shape index (κ3) is 3.21. The van der Waals surface area contributed by atoms with Crippen LogP contribution in [0.5, 0.6) is 0 Å². The first-order valence-corrected chi connectivity index (χ1v) is 6.54. The van der Waals surface area contributed by atoms with Crippen LogP contribution in [0, 0.1) is 16.7 Å². The van der Waals surface area contributed by atoms with Crippen molar-refractivity contribution in [2.45, 2.75) is 66.2 Å². The monoisotopic (exact) mass is 212 g/mol. The molecule has 0 aliphatic heterocycles. The van der Waals surface area contributed by atoms with E-state index in [9.17, 15) is 5.11 Å². The average molecular weight is 212 g/mol. The molecule has 0 unspecified atom stereocenters. The Kier molecular flexibility index (Phi) is 4.22. The number of aliphatic hydroxyl groups excluding tert-OH is 1. The zero-order valence-corrected chi connectivity index (χ0v) is 11.0. The second kappa shape index (κ2) is 4.86. The molecule has 0 atom stereocenters. The van der Waals surface area contributed by atoms with Crippen LogP contribution in [-0.4, -0.2) is 11.7 Å². The molecule has 15 heavy (non-hydrogen) atoms. The fourth-order valence-corrected chi connectivity index (χ4v) is 3.11. The molecule has 0 saturated heterocycles. The summed E-state index contributed by atoms with van der Waals surface area (Å²) in [7, 11) is 0. The second-order valence-electron chi connectivity index (χ2n) is 6.55. The SMILES string of the molecule is CCCC1(CO)CCC(C(C)(C)C)CC1. The predicted molar refractivity (Wildman–Crippen MR) is 65.8 cm³/mol. The van der Waals surface area contributed by atoms with Gasteiger partial charge in [-0.25, -0.2) is 0 Å². The second-order valence-corrected chi connectivity index (χ2v) is 6.55. The third-order valence-electron chi connectivity index (χ3n) is 4.39. The minimum absolute atomic E-state index is 0.274. The zero-order chi connectivity index (χ0) is 11.5. The molecule has 1 N–H and O–H groups in total. The molecule has 0 amide bonds. The maximum absolute atomic E-state index is 9.56. The Labute approximate surface area is 95.3 Å². The van der Waals surface area contributed by atoms with Crippen LogP contribution in [-0.2, 0) is 0 Å². The van der Waals surface area contributed by atoms with Gasteiger partial charge >= 0.3 is 0 Å². The molecule has 1 rings (SSSR count). The summed E-state index contributed by atoms with van der Waals surface area (Å²) < 4.78 is 0. The van der Waals surface area contributed by atoms with E-state index in [4.69, 9.17) is 0 Å². The Hall–Kier alpha value is -0.0400. The molecule has 0 spiro atoms. The number of rotatable bonds is 3. The van der Waals surface area contributed by atoms with Gasteiger partial charge in [0, 0.05) is 6.61 Å². The van der Waals surface area contributed by atoms with Crippen LogP contribution in [0.25, 0.3) is 0 Å². The smallest absolute Gasteiger partial charge is 0.0487 e. The molecule has 1 aliphatic rings. The van der Waals surface area contributed by atoms with Crippen LogP contribution in [0.2, 0.25) is 0 Å². The molecule has 90 valence electrons. The van der Waals surface area contributed by atoms with Crippen molar-refractivity contribution in [1.29, 1.82) is 0 Å². The van der Waals surface area contributed by atoms with E-state index >= 15 is 0 Å². The lowest BCUT2D eigenvalue weighted by atomic mass is 9.63. The van der Waals surface area contributed by atoms with Crippen molar-refractivity contribution in [3.63, 3.8) is 0 Å². The quantitative estimate of drug-likeness (QED) is 0.749. The Morgan fingerprint density at radius 3 is 2.07 bits per heavy atom. The van der Waals surface area contributed by atoms with E-state index in [0.29, 0.717) is 12.0 Å². The Balaban J connectivity index is 2.53. The van der Waals surface area contributed by atoms with Gasteiger partial charge in [0.05, 0.1) is 0 Å². The van der Waals surface area contributed by atoms with E-state index in [1.165, 1.54) is 38.5 Å². The Morgan fingerprint density at radius 2 is 1.73 bits per heavy atom. The highest BCUT2D eigenvalue weighted by molar-refractivity contribution is 4.88. The molecule has 0 aromatic carbocycles. The van der Waals surface area contributed by atoms with Crippen LogP contribution in [0.3, 0.4) is 0 Å². The lowest BCUT2D eigenvalue weighted by Crippen LogP contribution is -2.34. The van der Waals surface area contributed by atoms with Crippen molar-refractivity contribution >= 4 is 0 Å². The molecule has 0 heterocycles. The minimum atomic E-state index is 0.274. The summed E-state index contributed by atoms with van der Waals surface area (Å²) in [6.07, 6.45) is 7.51. The van der Waals surface area contributed by atoms with E-state index in [1.807, 2.05) is 0 Å². The topological polar surface area (TPSA) is 20.2 Å². The summed E-state index contributed by atoms with van der Waals surface area (Å²) in [6.45, 7) is 9.68. The third-order valence-corrected chi connectivity index (χ3v) is 4.39. The van der Waals surface area contributed by atoms with Crippen LogP contribution in [0.15, 0.2) is 0 Å². The fraction of sp³-hybridized carbons (Fsp3) is 1.00. The summed E-state index contributed by atoms with van der Waals surface area (Å²) in [5.41, 5.74) is 0.727. The van der Waals surface area contributed by atoms with Gasteiger partial charge in [0.25, 0.3) is 0 Å². The maximum Gasteiger partial charge on any atom is 0.0487 e. The molecule has 1 nitrogen and oxygen atoms in total. The van der Waals surface area contributed by atoms with Gasteiger partial charge in [-0.1, -0.05) is 34.1 Å². The molecular formula is C14H28O. The van der Waals surface area contributed by atoms with Crippen molar-refractivity contribution in [3.05, 3.63) is 0 Å². The largest absolute Gasteiger partial charge is 0.396 e. The standard InChI is InChI=1S/C14H28O/c1-5-8-14(11-15)9-6-12(7-10-14)13(2,3)4/h12,15H,5-11H2,1-4H3. The number of hydrogen-bond donors (Lipinski definition) is 1. The van der Waals surface area contributed by atoms with E-state index in [1.54, 1.807) is 0 Å². The highest BCUT2D eigenvalue weighted by Gasteiger charge is 2.37. The summed E-state index contributed by atoms with van der Waals surface area (Å²) in [5, 5.41) is 9.56. The van der Waals surface area contributed by atoms with E-state index in [0.717, 1.165) is 5.92 Å². The van der Waals surface area contributed by atoms with Gasteiger partial charge in [-0.15, -0.1) is 0 Å². The molecule has 0 aromatic rings. The summed E-state index contributed by atoms with van der Waals surface area (Å²) in [4.78, 5) is 0. The average Bonchev–Trinajstić information content (AvgIpc) is 2.17. The van der Waals surface area contributed by atoms with Gasteiger partial charge in [0.15, 0.2) is 0 Å². The van der Waals surface area contributed by atoms with Gasteiger partial charge < -0.3 is 5.11 Å². The number of hydrogen-bond acceptors (Lipinski definition) is 1. The fourth-order valence-electron chi connectivity index (χ4n) is 3.11. The summed E-state index contributed by atoms with van der Waals surface area (Å²) in [6, 6.07) is 0. The van der Waals surface area contributed by atoms with Gasteiger partial charge in [-0.2, -0.15) is 0 Å². The molecule has 1 aliphatic carbocycles. The molecule has 0 radical (unpaired) electrons. The molecule has 1 heteroatoms. The summed E-state index contributed by atoms with van der Waals surface area (Å²) in [5.74, 6) is 0.856. The van der Waals surface area contributed by atoms with E-state index in [-0.39, 0.29) is 5.41 Å². The van der Waals surface area contributed by atoms with Gasteiger partial charge in [0.1, 0.15) is 0 Å². The van der Waals surface area contributed by atoms with Crippen LogP contribution < -0.4 is 0 Å². The van der Waals surface area contributed by atoms with Gasteiger partial charge in [-0.3, -0.25) is 0 Å². The van der Waals surface area contributed by atoms with Gasteiger partial charge in [-0.05, 0) is 48.9 Å². The Bertz CT molecular complexity index is 182. The van der Waals surface area contributed by atoms with Crippen molar-refractivity contribution in [2.24, 2.45) is 16.7 Å². The van der Waals surface area contributed by atoms with Crippen LogP contribution in [0.4, 0.5) is 0 Å². The first kappa shape index (κ1) is 13.0. The predicted octanol–water partition coefficient (Wildman–Crippen LogP) is 4.00. The highest BCUT2D eigenvalue weighted by Crippen LogP contribution is 2.47. The first-order chi connectivity index (χ1) is 6.93. The van der Waals surface area contributed by atoms with Crippen molar-refractivity contribution < 1.29 is 5.11 Å². The number of aliphatic hydroxyl groups is 1. The summed E-state index contributed by atoms with van der Waals surface area (Å²) >= 11 is 0. The van der Waals surface area contributed by atoms with Crippen LogP contribution >= 0.6 is 0 Å². The molecule has 0 aromatic heterocycles. The van der Waals surface area contributed by atoms with Gasteiger partial charge in [0.2, 0.25) is 0 Å².